The zero-order chi connectivity index (χ0) is 21.1. The highest BCUT2D eigenvalue weighted by atomic mass is 19.1. The number of rotatable bonds is 6. The lowest BCUT2D eigenvalue weighted by Gasteiger charge is -2.10. The number of H-pyrrole nitrogens is 1. The van der Waals surface area contributed by atoms with E-state index in [9.17, 15) is 9.18 Å². The van der Waals surface area contributed by atoms with Crippen molar-refractivity contribution in [3.63, 3.8) is 0 Å². The highest BCUT2D eigenvalue weighted by Crippen LogP contribution is 2.39. The molecule has 0 radical (unpaired) electrons. The Hall–Kier alpha value is -3.46. The third-order valence-electron chi connectivity index (χ3n) is 5.29. The zero-order valence-electron chi connectivity index (χ0n) is 17.2. The first-order valence-electron chi connectivity index (χ1n) is 10.2. The molecule has 0 spiro atoms. The molecule has 30 heavy (non-hydrogen) atoms. The molecule has 4 rings (SSSR count). The number of halogens is 1. The molecule has 4 aromatic rings. The molecule has 0 fully saturated rings. The number of nitrogens with one attached hydrogen (secondary N) is 1. The molecule has 0 bridgehead atoms. The third kappa shape index (κ3) is 3.97. The molecule has 0 atom stereocenters. The number of carbonyl (C=O) groups is 1. The zero-order valence-corrected chi connectivity index (χ0v) is 17.2. The van der Waals surface area contributed by atoms with E-state index in [2.05, 4.69) is 18.8 Å². The van der Waals surface area contributed by atoms with Crippen molar-refractivity contribution in [3.05, 3.63) is 108 Å². The van der Waals surface area contributed by atoms with Gasteiger partial charge in [0.1, 0.15) is 5.82 Å². The van der Waals surface area contributed by atoms with Gasteiger partial charge < -0.3 is 4.98 Å². The molecule has 3 heteroatoms. The number of ketones is 1. The maximum atomic E-state index is 13.6. The summed E-state index contributed by atoms with van der Waals surface area (Å²) in [5, 5.41) is 0. The smallest absolute Gasteiger partial charge is 0.169 e. The Balaban J connectivity index is 1.93. The van der Waals surface area contributed by atoms with E-state index >= 15 is 0 Å². The van der Waals surface area contributed by atoms with Crippen molar-refractivity contribution >= 4 is 5.78 Å². The Morgan fingerprint density at radius 1 is 0.833 bits per heavy atom. The van der Waals surface area contributed by atoms with E-state index in [0.29, 0.717) is 6.42 Å². The van der Waals surface area contributed by atoms with E-state index in [-0.39, 0.29) is 17.5 Å². The molecular weight excluding hydrogens is 373 g/mol. The fourth-order valence-corrected chi connectivity index (χ4v) is 3.84. The first kappa shape index (κ1) is 19.8. The second-order valence-electron chi connectivity index (χ2n) is 7.78. The van der Waals surface area contributed by atoms with Gasteiger partial charge in [0.15, 0.2) is 5.78 Å². The van der Waals surface area contributed by atoms with Gasteiger partial charge in [0.25, 0.3) is 0 Å². The van der Waals surface area contributed by atoms with Crippen molar-refractivity contribution in [1.82, 2.24) is 4.98 Å². The fourth-order valence-electron chi connectivity index (χ4n) is 3.84. The van der Waals surface area contributed by atoms with Crippen LogP contribution in [0.15, 0.2) is 84.9 Å². The van der Waals surface area contributed by atoms with Crippen LogP contribution in [0, 0.1) is 5.82 Å². The topological polar surface area (TPSA) is 32.9 Å². The summed E-state index contributed by atoms with van der Waals surface area (Å²) < 4.78 is 13.5. The number of carbonyl (C=O) groups excluding carboxylic acids is 1. The van der Waals surface area contributed by atoms with Crippen LogP contribution in [-0.2, 0) is 6.42 Å². The van der Waals surface area contributed by atoms with E-state index in [1.165, 1.54) is 12.1 Å². The average Bonchev–Trinajstić information content (AvgIpc) is 3.17. The summed E-state index contributed by atoms with van der Waals surface area (Å²) in [4.78, 5) is 17.1. The largest absolute Gasteiger partial charge is 0.357 e. The Morgan fingerprint density at radius 3 is 2.03 bits per heavy atom. The van der Waals surface area contributed by atoms with Crippen molar-refractivity contribution in [2.75, 3.05) is 0 Å². The number of aromatic nitrogens is 1. The van der Waals surface area contributed by atoms with E-state index in [1.807, 2.05) is 60.7 Å². The van der Waals surface area contributed by atoms with Gasteiger partial charge >= 0.3 is 0 Å². The standard InChI is InChI=1S/C27H24FNO/c1-18(2)26-25(23(30)17-19-9-5-3-6-10-19)24(20-11-7-4-8-12-20)27(29-26)21-13-15-22(28)16-14-21/h3-16,18,29H,17H2,1-2H3. The summed E-state index contributed by atoms with van der Waals surface area (Å²) in [6.07, 6.45) is 0.334. The molecule has 0 aliphatic carbocycles. The van der Waals surface area contributed by atoms with Gasteiger partial charge in [0.2, 0.25) is 0 Å². The van der Waals surface area contributed by atoms with Crippen molar-refractivity contribution < 1.29 is 9.18 Å². The van der Waals surface area contributed by atoms with Gasteiger partial charge in [-0.2, -0.15) is 0 Å². The predicted molar refractivity (Wildman–Crippen MR) is 120 cm³/mol. The van der Waals surface area contributed by atoms with Crippen LogP contribution >= 0.6 is 0 Å². The summed E-state index contributed by atoms with van der Waals surface area (Å²) in [6.45, 7) is 4.16. The van der Waals surface area contributed by atoms with Crippen LogP contribution < -0.4 is 0 Å². The van der Waals surface area contributed by atoms with Crippen LogP contribution in [0.1, 0.15) is 41.4 Å². The number of hydrogen-bond acceptors (Lipinski definition) is 1. The summed E-state index contributed by atoms with van der Waals surface area (Å²) in [5.41, 5.74) is 6.18. The second-order valence-corrected chi connectivity index (χ2v) is 7.78. The summed E-state index contributed by atoms with van der Waals surface area (Å²) >= 11 is 0. The monoisotopic (exact) mass is 397 g/mol. The molecule has 1 aromatic heterocycles. The molecule has 0 unspecified atom stereocenters. The van der Waals surface area contributed by atoms with Gasteiger partial charge in [-0.1, -0.05) is 74.5 Å². The first-order chi connectivity index (χ1) is 14.5. The summed E-state index contributed by atoms with van der Waals surface area (Å²) in [7, 11) is 0. The number of aromatic amines is 1. The van der Waals surface area contributed by atoms with Crippen LogP contribution in [-0.4, -0.2) is 10.8 Å². The van der Waals surface area contributed by atoms with Crippen LogP contribution in [0.4, 0.5) is 4.39 Å². The maximum Gasteiger partial charge on any atom is 0.169 e. The molecule has 1 N–H and O–H groups in total. The SMILES string of the molecule is CC(C)c1[nH]c(-c2ccc(F)cc2)c(-c2ccccc2)c1C(=O)Cc1ccccc1. The number of benzene rings is 3. The molecule has 0 saturated carbocycles. The quantitative estimate of drug-likeness (QED) is 0.348. The Bertz CT molecular complexity index is 1140. The number of Topliss-reactive ketones (excluding diaryl/α,β-unsaturated/α-hetero) is 1. The van der Waals surface area contributed by atoms with Crippen LogP contribution in [0.2, 0.25) is 0 Å². The van der Waals surface area contributed by atoms with Crippen LogP contribution in [0.5, 0.6) is 0 Å². The lowest BCUT2D eigenvalue weighted by atomic mass is 9.90. The fraction of sp³-hybridized carbons (Fsp3) is 0.148. The minimum Gasteiger partial charge on any atom is -0.357 e. The van der Waals surface area contributed by atoms with Gasteiger partial charge in [0.05, 0.1) is 5.69 Å². The molecule has 150 valence electrons. The highest BCUT2D eigenvalue weighted by molar-refractivity contribution is 6.08. The van der Waals surface area contributed by atoms with Crippen molar-refractivity contribution in [3.8, 4) is 22.4 Å². The molecule has 1 heterocycles. The van der Waals surface area contributed by atoms with Crippen LogP contribution in [0.3, 0.4) is 0 Å². The van der Waals surface area contributed by atoms with E-state index in [1.54, 1.807) is 12.1 Å². The van der Waals surface area contributed by atoms with E-state index in [4.69, 9.17) is 0 Å². The minimum atomic E-state index is -0.281. The van der Waals surface area contributed by atoms with Crippen molar-refractivity contribution in [1.29, 1.82) is 0 Å². The molecular formula is C27H24FNO. The van der Waals surface area contributed by atoms with Gasteiger partial charge in [0, 0.05) is 23.2 Å². The molecule has 0 amide bonds. The molecule has 0 aliphatic heterocycles. The normalized spacial score (nSPS) is 11.1. The summed E-state index contributed by atoms with van der Waals surface area (Å²) in [6, 6.07) is 26.1. The molecule has 0 aliphatic rings. The maximum absolute atomic E-state index is 13.6. The van der Waals surface area contributed by atoms with E-state index in [0.717, 1.165) is 39.2 Å². The molecule has 2 nitrogen and oxygen atoms in total. The molecule has 0 saturated heterocycles. The van der Waals surface area contributed by atoms with Gasteiger partial charge in [-0.05, 0) is 46.9 Å². The third-order valence-corrected chi connectivity index (χ3v) is 5.29. The van der Waals surface area contributed by atoms with E-state index < -0.39 is 0 Å². The van der Waals surface area contributed by atoms with Crippen LogP contribution in [0.25, 0.3) is 22.4 Å². The second kappa shape index (κ2) is 8.50. The lowest BCUT2D eigenvalue weighted by molar-refractivity contribution is 0.0992. The predicted octanol–water partition coefficient (Wildman–Crippen LogP) is 7.04. The van der Waals surface area contributed by atoms with Crippen molar-refractivity contribution in [2.45, 2.75) is 26.2 Å². The van der Waals surface area contributed by atoms with Gasteiger partial charge in [-0.15, -0.1) is 0 Å². The molecule has 3 aromatic carbocycles. The first-order valence-corrected chi connectivity index (χ1v) is 10.2. The Labute approximate surface area is 176 Å². The lowest BCUT2D eigenvalue weighted by Crippen LogP contribution is -2.08. The Morgan fingerprint density at radius 2 is 1.43 bits per heavy atom. The minimum absolute atomic E-state index is 0.0772. The Kier molecular flexibility index (Phi) is 5.62. The average molecular weight is 397 g/mol. The van der Waals surface area contributed by atoms with Gasteiger partial charge in [-0.3, -0.25) is 4.79 Å². The van der Waals surface area contributed by atoms with Crippen molar-refractivity contribution in [2.24, 2.45) is 0 Å². The number of hydrogen-bond donors (Lipinski definition) is 1. The highest BCUT2D eigenvalue weighted by Gasteiger charge is 2.26. The van der Waals surface area contributed by atoms with Gasteiger partial charge in [-0.25, -0.2) is 4.39 Å². The summed E-state index contributed by atoms with van der Waals surface area (Å²) in [5.74, 6) is -0.0687.